The second-order valence-electron chi connectivity index (χ2n) is 6.67. The van der Waals surface area contributed by atoms with Crippen molar-refractivity contribution in [1.29, 1.82) is 0 Å². The Balaban J connectivity index is 0.00000338. The summed E-state index contributed by atoms with van der Waals surface area (Å²) in [6.45, 7) is 3.22. The van der Waals surface area contributed by atoms with E-state index in [1.54, 1.807) is 4.90 Å². The molecule has 0 aromatic heterocycles. The number of nitrogens with two attached hydrogens (primary N) is 1. The van der Waals surface area contributed by atoms with Gasteiger partial charge < -0.3 is 20.9 Å². The molecule has 1 aliphatic rings. The fourth-order valence-corrected chi connectivity index (χ4v) is 3.12. The number of rotatable bonds is 7. The van der Waals surface area contributed by atoms with Gasteiger partial charge >= 0.3 is 6.03 Å². The number of benzene rings is 1. The van der Waals surface area contributed by atoms with E-state index >= 15 is 0 Å². The number of piperidine rings is 1. The highest BCUT2D eigenvalue weighted by Crippen LogP contribution is 2.19. The summed E-state index contributed by atoms with van der Waals surface area (Å²) in [5.74, 6) is 0.128. The minimum Gasteiger partial charge on any atom is -0.356 e. The van der Waals surface area contributed by atoms with Gasteiger partial charge in [0.1, 0.15) is 0 Å². The van der Waals surface area contributed by atoms with Crippen LogP contribution in [0.15, 0.2) is 30.3 Å². The number of urea groups is 1. The van der Waals surface area contributed by atoms with Crippen LogP contribution < -0.4 is 11.1 Å². The maximum Gasteiger partial charge on any atom is 0.320 e. The van der Waals surface area contributed by atoms with E-state index in [1.807, 2.05) is 42.3 Å². The normalized spacial score (nSPS) is 14.5. The molecule has 1 aromatic rings. The van der Waals surface area contributed by atoms with Crippen LogP contribution in [0.1, 0.15) is 31.2 Å². The minimum absolute atomic E-state index is 0. The standard InChI is InChI=1S/C19H30N4O2.ClH/c1-22(15-16-7-3-2-4-8-16)19(25)23-13-9-17(10-14-23)18(24)21-12-6-5-11-20;/h2-4,7-8,17H,5-6,9-15,20H2,1H3,(H,21,24);1H. The summed E-state index contributed by atoms with van der Waals surface area (Å²) in [4.78, 5) is 28.3. The van der Waals surface area contributed by atoms with Crippen LogP contribution >= 0.6 is 12.4 Å². The lowest BCUT2D eigenvalue weighted by atomic mass is 9.96. The van der Waals surface area contributed by atoms with Crippen molar-refractivity contribution in [3.05, 3.63) is 35.9 Å². The van der Waals surface area contributed by atoms with Gasteiger partial charge in [0.15, 0.2) is 0 Å². The maximum atomic E-state index is 12.6. The molecule has 0 spiro atoms. The van der Waals surface area contributed by atoms with Crippen molar-refractivity contribution in [1.82, 2.24) is 15.1 Å². The van der Waals surface area contributed by atoms with Gasteiger partial charge in [0, 0.05) is 39.1 Å². The molecule has 2 rings (SSSR count). The van der Waals surface area contributed by atoms with Crippen LogP contribution in [0.25, 0.3) is 0 Å². The molecule has 0 atom stereocenters. The lowest BCUT2D eigenvalue weighted by Gasteiger charge is -2.34. The highest BCUT2D eigenvalue weighted by molar-refractivity contribution is 5.85. The molecule has 6 nitrogen and oxygen atoms in total. The van der Waals surface area contributed by atoms with Gasteiger partial charge in [0.05, 0.1) is 0 Å². The first-order valence-corrected chi connectivity index (χ1v) is 9.13. The van der Waals surface area contributed by atoms with Crippen LogP contribution in [0.3, 0.4) is 0 Å². The Hall–Kier alpha value is -1.79. The molecule has 0 aliphatic carbocycles. The molecule has 1 aromatic carbocycles. The molecule has 1 heterocycles. The van der Waals surface area contributed by atoms with Crippen molar-refractivity contribution in [3.8, 4) is 0 Å². The Labute approximate surface area is 162 Å². The summed E-state index contributed by atoms with van der Waals surface area (Å²) in [6, 6.07) is 10.00. The van der Waals surface area contributed by atoms with E-state index in [9.17, 15) is 9.59 Å². The van der Waals surface area contributed by atoms with Gasteiger partial charge in [-0.1, -0.05) is 30.3 Å². The van der Waals surface area contributed by atoms with E-state index < -0.39 is 0 Å². The van der Waals surface area contributed by atoms with E-state index in [-0.39, 0.29) is 30.3 Å². The molecule has 0 unspecified atom stereocenters. The Morgan fingerprint density at radius 2 is 1.85 bits per heavy atom. The van der Waals surface area contributed by atoms with Crippen LogP contribution in [-0.2, 0) is 11.3 Å². The van der Waals surface area contributed by atoms with Gasteiger partial charge in [-0.15, -0.1) is 12.4 Å². The van der Waals surface area contributed by atoms with Gasteiger partial charge in [-0.25, -0.2) is 4.79 Å². The van der Waals surface area contributed by atoms with Crippen LogP contribution in [0.4, 0.5) is 4.79 Å². The third-order valence-corrected chi connectivity index (χ3v) is 4.66. The summed E-state index contributed by atoms with van der Waals surface area (Å²) < 4.78 is 0. The highest BCUT2D eigenvalue weighted by Gasteiger charge is 2.28. The lowest BCUT2D eigenvalue weighted by Crippen LogP contribution is -2.47. The molecule has 0 radical (unpaired) electrons. The predicted octanol–water partition coefficient (Wildman–Crippen LogP) is 2.23. The number of carbonyl (C=O) groups is 2. The highest BCUT2D eigenvalue weighted by atomic mass is 35.5. The SMILES string of the molecule is CN(Cc1ccccc1)C(=O)N1CCC(C(=O)NCCCCN)CC1.Cl. The zero-order chi connectivity index (χ0) is 18.1. The van der Waals surface area contributed by atoms with Gasteiger partial charge in [-0.05, 0) is 37.8 Å². The number of likely N-dealkylation sites (tertiary alicyclic amines) is 1. The summed E-state index contributed by atoms with van der Waals surface area (Å²) in [5.41, 5.74) is 6.57. The van der Waals surface area contributed by atoms with Gasteiger partial charge in [-0.2, -0.15) is 0 Å². The van der Waals surface area contributed by atoms with Crippen LogP contribution in [-0.4, -0.2) is 55.0 Å². The summed E-state index contributed by atoms with van der Waals surface area (Å²) in [5, 5.41) is 2.98. The molecule has 146 valence electrons. The molecule has 3 amide bonds. The fraction of sp³-hybridized carbons (Fsp3) is 0.579. The van der Waals surface area contributed by atoms with Crippen molar-refractivity contribution in [2.24, 2.45) is 11.7 Å². The Bertz CT molecular complexity index is 548. The molecule has 1 aliphatic heterocycles. The van der Waals surface area contributed by atoms with E-state index in [0.29, 0.717) is 32.7 Å². The quantitative estimate of drug-likeness (QED) is 0.710. The van der Waals surface area contributed by atoms with Gasteiger partial charge in [-0.3, -0.25) is 4.79 Å². The topological polar surface area (TPSA) is 78.7 Å². The Kier molecular flexibility index (Phi) is 10.1. The molecule has 0 bridgehead atoms. The van der Waals surface area contributed by atoms with E-state index in [0.717, 1.165) is 31.2 Å². The molecule has 1 fully saturated rings. The fourth-order valence-electron chi connectivity index (χ4n) is 3.12. The third kappa shape index (κ3) is 6.84. The molecular weight excluding hydrogens is 352 g/mol. The average molecular weight is 383 g/mol. The second-order valence-corrected chi connectivity index (χ2v) is 6.67. The van der Waals surface area contributed by atoms with E-state index in [2.05, 4.69) is 5.32 Å². The molecule has 1 saturated heterocycles. The largest absolute Gasteiger partial charge is 0.356 e. The summed E-state index contributed by atoms with van der Waals surface area (Å²) in [6.07, 6.45) is 3.31. The average Bonchev–Trinajstić information content (AvgIpc) is 2.65. The summed E-state index contributed by atoms with van der Waals surface area (Å²) >= 11 is 0. The maximum absolute atomic E-state index is 12.6. The number of hydrogen-bond donors (Lipinski definition) is 2. The van der Waals surface area contributed by atoms with Crippen molar-refractivity contribution < 1.29 is 9.59 Å². The first-order valence-electron chi connectivity index (χ1n) is 9.13. The van der Waals surface area contributed by atoms with Gasteiger partial charge in [0.25, 0.3) is 0 Å². The van der Waals surface area contributed by atoms with E-state index in [4.69, 9.17) is 5.73 Å². The Morgan fingerprint density at radius 3 is 2.46 bits per heavy atom. The van der Waals surface area contributed by atoms with Crippen molar-refractivity contribution >= 4 is 24.3 Å². The monoisotopic (exact) mass is 382 g/mol. The minimum atomic E-state index is 0. The zero-order valence-electron chi connectivity index (χ0n) is 15.5. The summed E-state index contributed by atoms with van der Waals surface area (Å²) in [7, 11) is 1.82. The van der Waals surface area contributed by atoms with Crippen LogP contribution in [0.5, 0.6) is 0 Å². The number of amides is 3. The molecule has 0 saturated carbocycles. The molecular formula is C19H31ClN4O2. The number of nitrogens with zero attached hydrogens (tertiary/aromatic N) is 2. The number of unbranched alkanes of at least 4 members (excludes halogenated alkanes) is 1. The van der Waals surface area contributed by atoms with Crippen LogP contribution in [0, 0.1) is 5.92 Å². The smallest absolute Gasteiger partial charge is 0.320 e. The van der Waals surface area contributed by atoms with Gasteiger partial charge in [0.2, 0.25) is 5.91 Å². The molecule has 26 heavy (non-hydrogen) atoms. The predicted molar refractivity (Wildman–Crippen MR) is 106 cm³/mol. The van der Waals surface area contributed by atoms with E-state index in [1.165, 1.54) is 0 Å². The third-order valence-electron chi connectivity index (χ3n) is 4.66. The van der Waals surface area contributed by atoms with Crippen molar-refractivity contribution in [3.63, 3.8) is 0 Å². The zero-order valence-corrected chi connectivity index (χ0v) is 16.3. The second kappa shape index (κ2) is 11.8. The lowest BCUT2D eigenvalue weighted by molar-refractivity contribution is -0.126. The molecule has 3 N–H and O–H groups in total. The number of halogens is 1. The first-order chi connectivity index (χ1) is 12.1. The Morgan fingerprint density at radius 1 is 1.19 bits per heavy atom. The first kappa shape index (κ1) is 22.3. The van der Waals surface area contributed by atoms with Crippen molar-refractivity contribution in [2.75, 3.05) is 33.2 Å². The van der Waals surface area contributed by atoms with Crippen LogP contribution in [0.2, 0.25) is 0 Å². The number of carbonyl (C=O) groups excluding carboxylic acids is 2. The number of nitrogens with one attached hydrogen (secondary N) is 1. The molecule has 7 heteroatoms. The number of hydrogen-bond acceptors (Lipinski definition) is 3. The van der Waals surface area contributed by atoms with Crippen molar-refractivity contribution in [2.45, 2.75) is 32.2 Å².